The van der Waals surface area contributed by atoms with Crippen LogP contribution in [0.1, 0.15) is 29.2 Å². The lowest BCUT2D eigenvalue weighted by Crippen LogP contribution is -2.44. The number of nitrogens with one attached hydrogen (secondary N) is 1. The van der Waals surface area contributed by atoms with E-state index in [2.05, 4.69) is 5.32 Å². The number of carbonyl (C=O) groups is 4. The van der Waals surface area contributed by atoms with E-state index in [-0.39, 0.29) is 48.9 Å². The molecular weight excluding hydrogens is 578 g/mol. The molecule has 1 fully saturated rings. The molecule has 2 aliphatic rings. The third-order valence-corrected chi connectivity index (χ3v) is 8.18. The minimum Gasteiger partial charge on any atom is -0.448 e. The Bertz CT molecular complexity index is 1510. The fourth-order valence-corrected chi connectivity index (χ4v) is 5.96. The highest BCUT2D eigenvalue weighted by molar-refractivity contribution is 7.99. The van der Waals surface area contributed by atoms with Crippen LogP contribution in [-0.2, 0) is 35.2 Å². The van der Waals surface area contributed by atoms with Gasteiger partial charge in [0.05, 0.1) is 31.3 Å². The maximum absolute atomic E-state index is 14.1. The molecule has 226 valence electrons. The molecule has 0 saturated carbocycles. The maximum Gasteiger partial charge on any atom is 0.356 e. The number of rotatable bonds is 10. The molecule has 2 aliphatic heterocycles. The van der Waals surface area contributed by atoms with Gasteiger partial charge in [0.1, 0.15) is 5.70 Å². The van der Waals surface area contributed by atoms with Crippen LogP contribution in [-0.4, -0.2) is 65.0 Å². The fourth-order valence-electron chi connectivity index (χ4n) is 4.96. The van der Waals surface area contributed by atoms with Gasteiger partial charge in [0.15, 0.2) is 6.10 Å². The van der Waals surface area contributed by atoms with E-state index in [0.717, 1.165) is 16.7 Å². The largest absolute Gasteiger partial charge is 0.448 e. The van der Waals surface area contributed by atoms with Gasteiger partial charge >= 0.3 is 11.9 Å². The number of amides is 2. The zero-order valence-electron chi connectivity index (χ0n) is 24.3. The standard InChI is InChI=1S/C34H33N3O6S/c1-36-28(20-31(40)43-36)18-17-27-22-44-23-37(30(39)21-35-29(38)19-24-11-5-2-6-12-24)32(27)34(41)42-33(25-13-7-3-8-14-25)26-15-9-4-10-16-26/h2-18,28,33H,19-23H2,1H3,(H,35,38)/b18-17+. The first-order chi connectivity index (χ1) is 21.4. The van der Waals surface area contributed by atoms with Crippen molar-refractivity contribution < 1.29 is 28.8 Å². The number of hydroxylamine groups is 2. The second-order valence-corrected chi connectivity index (χ2v) is 11.3. The van der Waals surface area contributed by atoms with Crippen LogP contribution in [0.2, 0.25) is 0 Å². The number of benzene rings is 3. The fraction of sp³-hybridized carbons (Fsp3) is 0.235. The number of hydrogen-bond acceptors (Lipinski definition) is 8. The van der Waals surface area contributed by atoms with Crippen LogP contribution < -0.4 is 5.32 Å². The first-order valence-electron chi connectivity index (χ1n) is 14.2. The highest BCUT2D eigenvalue weighted by Crippen LogP contribution is 2.32. The van der Waals surface area contributed by atoms with Gasteiger partial charge in [-0.05, 0) is 22.3 Å². The van der Waals surface area contributed by atoms with Crippen LogP contribution in [0.3, 0.4) is 0 Å². The molecule has 5 rings (SSSR count). The van der Waals surface area contributed by atoms with Gasteiger partial charge in [0.2, 0.25) is 11.8 Å². The molecule has 2 amide bonds. The molecular formula is C34H33N3O6S. The number of allylic oxidation sites excluding steroid dienone is 1. The van der Waals surface area contributed by atoms with Gasteiger partial charge in [0.25, 0.3) is 0 Å². The number of thioether (sulfide) groups is 1. The van der Waals surface area contributed by atoms with Gasteiger partial charge in [-0.1, -0.05) is 103 Å². The zero-order chi connectivity index (χ0) is 30.9. The molecule has 0 spiro atoms. The molecule has 10 heteroatoms. The molecule has 0 aromatic heterocycles. The summed E-state index contributed by atoms with van der Waals surface area (Å²) in [5, 5.41) is 4.15. The molecule has 1 N–H and O–H groups in total. The van der Waals surface area contributed by atoms with Gasteiger partial charge in [-0.3, -0.25) is 19.3 Å². The highest BCUT2D eigenvalue weighted by atomic mass is 32.2. The third kappa shape index (κ3) is 7.83. The quantitative estimate of drug-likeness (QED) is 0.341. The Balaban J connectivity index is 1.42. The summed E-state index contributed by atoms with van der Waals surface area (Å²) in [6.07, 6.45) is 3.13. The topological polar surface area (TPSA) is 105 Å². The van der Waals surface area contributed by atoms with Crippen LogP contribution in [0.4, 0.5) is 0 Å². The second-order valence-electron chi connectivity index (χ2n) is 10.4. The number of esters is 1. The third-order valence-electron chi connectivity index (χ3n) is 7.23. The van der Waals surface area contributed by atoms with Crippen molar-refractivity contribution in [2.75, 3.05) is 25.2 Å². The highest BCUT2D eigenvalue weighted by Gasteiger charge is 2.34. The summed E-state index contributed by atoms with van der Waals surface area (Å²) in [5.74, 6) is -1.10. The SMILES string of the molecule is CN1OC(=O)CC1/C=C/C1=C(C(=O)OC(c2ccccc2)c2ccccc2)N(C(=O)CNC(=O)Cc2ccccc2)CSC1. The van der Waals surface area contributed by atoms with E-state index in [1.54, 1.807) is 19.2 Å². The number of carbonyl (C=O) groups excluding carboxylic acids is 4. The summed E-state index contributed by atoms with van der Waals surface area (Å²) < 4.78 is 6.18. The maximum atomic E-state index is 14.1. The molecule has 2 heterocycles. The Morgan fingerprint density at radius 3 is 2.18 bits per heavy atom. The Kier molecular flexibility index (Phi) is 10.3. The lowest BCUT2D eigenvalue weighted by Gasteiger charge is -2.31. The number of ether oxygens (including phenoxy) is 1. The van der Waals surface area contributed by atoms with E-state index in [0.29, 0.717) is 11.3 Å². The minimum absolute atomic E-state index is 0.104. The van der Waals surface area contributed by atoms with E-state index >= 15 is 0 Å². The number of hydrogen-bond donors (Lipinski definition) is 1. The van der Waals surface area contributed by atoms with E-state index in [1.165, 1.54) is 21.7 Å². The Morgan fingerprint density at radius 2 is 1.59 bits per heavy atom. The Labute approximate surface area is 260 Å². The lowest BCUT2D eigenvalue weighted by atomic mass is 10.0. The van der Waals surface area contributed by atoms with Crippen LogP contribution in [0.15, 0.2) is 114 Å². The molecule has 0 bridgehead atoms. The summed E-state index contributed by atoms with van der Waals surface area (Å²) in [4.78, 5) is 58.5. The van der Waals surface area contributed by atoms with Crippen LogP contribution >= 0.6 is 11.8 Å². The summed E-state index contributed by atoms with van der Waals surface area (Å²) in [6, 6.07) is 27.7. The van der Waals surface area contributed by atoms with Crippen molar-refractivity contribution >= 4 is 35.5 Å². The summed E-state index contributed by atoms with van der Waals surface area (Å²) >= 11 is 1.46. The van der Waals surface area contributed by atoms with E-state index < -0.39 is 18.0 Å². The molecule has 3 aromatic rings. The normalized spacial score (nSPS) is 17.2. The van der Waals surface area contributed by atoms with E-state index in [4.69, 9.17) is 9.57 Å². The van der Waals surface area contributed by atoms with Crippen molar-refractivity contribution in [1.82, 2.24) is 15.3 Å². The molecule has 0 aliphatic carbocycles. The van der Waals surface area contributed by atoms with Crippen molar-refractivity contribution in [3.63, 3.8) is 0 Å². The van der Waals surface area contributed by atoms with E-state index in [1.807, 2.05) is 91.0 Å². The summed E-state index contributed by atoms with van der Waals surface area (Å²) in [7, 11) is 1.66. The van der Waals surface area contributed by atoms with Crippen LogP contribution in [0.5, 0.6) is 0 Å². The number of nitrogens with zero attached hydrogens (tertiary/aromatic N) is 2. The predicted octanol–water partition coefficient (Wildman–Crippen LogP) is 4.18. The zero-order valence-corrected chi connectivity index (χ0v) is 25.1. The molecule has 1 atom stereocenters. The average Bonchev–Trinajstić information content (AvgIpc) is 3.38. The minimum atomic E-state index is -0.716. The second kappa shape index (κ2) is 14.7. The van der Waals surface area contributed by atoms with Gasteiger partial charge in [-0.25, -0.2) is 4.79 Å². The number of likely N-dealkylation sites (N-methyl/N-ethyl adjacent to an activating group) is 1. The molecule has 9 nitrogen and oxygen atoms in total. The van der Waals surface area contributed by atoms with Crippen LogP contribution in [0.25, 0.3) is 0 Å². The summed E-state index contributed by atoms with van der Waals surface area (Å²) in [5.41, 5.74) is 3.07. The van der Waals surface area contributed by atoms with Gasteiger partial charge < -0.3 is 14.9 Å². The monoisotopic (exact) mass is 611 g/mol. The smallest absolute Gasteiger partial charge is 0.356 e. The van der Waals surface area contributed by atoms with Gasteiger partial charge in [-0.15, -0.1) is 16.8 Å². The Morgan fingerprint density at radius 1 is 0.977 bits per heavy atom. The predicted molar refractivity (Wildman–Crippen MR) is 167 cm³/mol. The molecule has 1 unspecified atom stereocenters. The van der Waals surface area contributed by atoms with Crippen molar-refractivity contribution in [2.24, 2.45) is 0 Å². The van der Waals surface area contributed by atoms with Crippen molar-refractivity contribution in [2.45, 2.75) is 25.0 Å². The van der Waals surface area contributed by atoms with Gasteiger partial charge in [-0.2, -0.15) is 0 Å². The van der Waals surface area contributed by atoms with Crippen LogP contribution in [0, 0.1) is 0 Å². The molecule has 3 aromatic carbocycles. The van der Waals surface area contributed by atoms with Crippen molar-refractivity contribution in [3.05, 3.63) is 131 Å². The Hall–Kier alpha value is -4.67. The van der Waals surface area contributed by atoms with Crippen molar-refractivity contribution in [1.29, 1.82) is 0 Å². The first-order valence-corrected chi connectivity index (χ1v) is 15.4. The van der Waals surface area contributed by atoms with Gasteiger partial charge in [0, 0.05) is 12.8 Å². The average molecular weight is 612 g/mol. The molecule has 1 saturated heterocycles. The summed E-state index contributed by atoms with van der Waals surface area (Å²) in [6.45, 7) is -0.283. The molecule has 0 radical (unpaired) electrons. The van der Waals surface area contributed by atoms with E-state index in [9.17, 15) is 19.2 Å². The van der Waals surface area contributed by atoms with Crippen molar-refractivity contribution in [3.8, 4) is 0 Å². The first kappa shape index (κ1) is 30.8. The lowest BCUT2D eigenvalue weighted by molar-refractivity contribution is -0.167. The molecule has 44 heavy (non-hydrogen) atoms.